The van der Waals surface area contributed by atoms with Crippen LogP contribution in [0.25, 0.3) is 0 Å². The molecule has 6 heteroatoms. The second kappa shape index (κ2) is 41.1. The number of hydrogen-bond acceptors (Lipinski definition) is 5. The maximum absolute atomic E-state index is 12.0. The number of carboxylic acids is 1. The average Bonchev–Trinajstić information content (AvgIpc) is 3.62. The quantitative estimate of drug-likeness (QED) is 0.0494. The number of carbonyl (C=O) groups excluding carboxylic acids is 1. The first-order chi connectivity index (χ1) is 26.6. The third-order valence-electron chi connectivity index (χ3n) is 11.6. The SMILES string of the molecule is CCCCCCCCCCCCCCOC(=O)CCCCCCCCCCCCCCCN1CCN=C1CCCCCCCCCCCCCCC(=O)O. The van der Waals surface area contributed by atoms with Crippen molar-refractivity contribution in [3.63, 3.8) is 0 Å². The molecule has 0 saturated carbocycles. The lowest BCUT2D eigenvalue weighted by Gasteiger charge is -2.20. The lowest BCUT2D eigenvalue weighted by molar-refractivity contribution is -0.144. The maximum Gasteiger partial charge on any atom is 0.305 e. The number of unbranched alkanes of at least 4 members (excludes halogenated alkanes) is 34. The van der Waals surface area contributed by atoms with Crippen molar-refractivity contribution in [2.45, 2.75) is 264 Å². The number of ether oxygens (including phenoxy) is 1. The van der Waals surface area contributed by atoms with Crippen LogP contribution in [-0.4, -0.2) is 54.0 Å². The van der Waals surface area contributed by atoms with E-state index < -0.39 is 5.97 Å². The molecule has 54 heavy (non-hydrogen) atoms. The number of rotatable bonds is 44. The summed E-state index contributed by atoms with van der Waals surface area (Å²) in [4.78, 5) is 30.0. The monoisotopic (exact) mass is 761 g/mol. The van der Waals surface area contributed by atoms with Crippen LogP contribution in [-0.2, 0) is 14.3 Å². The van der Waals surface area contributed by atoms with Crippen LogP contribution in [0.5, 0.6) is 0 Å². The van der Waals surface area contributed by atoms with Gasteiger partial charge in [-0.15, -0.1) is 0 Å². The average molecular weight is 761 g/mol. The molecule has 0 amide bonds. The van der Waals surface area contributed by atoms with Crippen LogP contribution in [0, 0.1) is 0 Å². The van der Waals surface area contributed by atoms with E-state index in [0.717, 1.165) is 38.8 Å². The van der Waals surface area contributed by atoms with Crippen molar-refractivity contribution in [2.24, 2.45) is 4.99 Å². The van der Waals surface area contributed by atoms with E-state index in [4.69, 9.17) is 14.8 Å². The Hall–Kier alpha value is -1.59. The van der Waals surface area contributed by atoms with Gasteiger partial charge in [0.05, 0.1) is 19.0 Å². The highest BCUT2D eigenvalue weighted by atomic mass is 16.5. The second-order valence-electron chi connectivity index (χ2n) is 16.9. The summed E-state index contributed by atoms with van der Waals surface area (Å²) in [5, 5.41) is 8.69. The van der Waals surface area contributed by atoms with E-state index in [1.54, 1.807) is 0 Å². The molecule has 1 rings (SSSR count). The molecule has 0 unspecified atom stereocenters. The van der Waals surface area contributed by atoms with Crippen molar-refractivity contribution in [1.82, 2.24) is 4.90 Å². The van der Waals surface area contributed by atoms with Gasteiger partial charge in [-0.25, -0.2) is 0 Å². The van der Waals surface area contributed by atoms with E-state index in [9.17, 15) is 9.59 Å². The number of nitrogens with zero attached hydrogens (tertiary/aromatic N) is 2. The molecule has 0 atom stereocenters. The first kappa shape index (κ1) is 50.4. The van der Waals surface area contributed by atoms with E-state index in [1.165, 1.54) is 231 Å². The molecule has 0 aromatic carbocycles. The molecule has 0 aromatic heterocycles. The molecule has 0 aromatic rings. The lowest BCUT2D eigenvalue weighted by Crippen LogP contribution is -2.28. The van der Waals surface area contributed by atoms with Crippen molar-refractivity contribution in [1.29, 1.82) is 0 Å². The summed E-state index contributed by atoms with van der Waals surface area (Å²) < 4.78 is 5.46. The highest BCUT2D eigenvalue weighted by molar-refractivity contribution is 5.83. The molecule has 0 aliphatic carbocycles. The minimum atomic E-state index is -0.659. The first-order valence-electron chi connectivity index (χ1n) is 24.3. The summed E-state index contributed by atoms with van der Waals surface area (Å²) >= 11 is 0. The molecule has 0 radical (unpaired) electrons. The molecule has 1 N–H and O–H groups in total. The van der Waals surface area contributed by atoms with Crippen LogP contribution in [0.4, 0.5) is 0 Å². The Morgan fingerprint density at radius 1 is 0.500 bits per heavy atom. The van der Waals surface area contributed by atoms with Gasteiger partial charge >= 0.3 is 11.9 Å². The first-order valence-corrected chi connectivity index (χ1v) is 24.3. The minimum absolute atomic E-state index is 0.0178. The summed E-state index contributed by atoms with van der Waals surface area (Å²) in [6.07, 6.45) is 50.4. The topological polar surface area (TPSA) is 79.2 Å². The molecule has 1 aliphatic heterocycles. The Bertz CT molecular complexity index is 847. The molecule has 0 saturated heterocycles. The van der Waals surface area contributed by atoms with Gasteiger partial charge in [-0.3, -0.25) is 14.6 Å². The molecule has 0 spiro atoms. The highest BCUT2D eigenvalue weighted by Crippen LogP contribution is 2.17. The predicted molar refractivity (Wildman–Crippen MR) is 233 cm³/mol. The van der Waals surface area contributed by atoms with E-state index in [0.29, 0.717) is 19.4 Å². The summed E-state index contributed by atoms with van der Waals surface area (Å²) in [6.45, 7) is 6.25. The Kier molecular flexibility index (Phi) is 38.3. The minimum Gasteiger partial charge on any atom is -0.481 e. The fourth-order valence-electron chi connectivity index (χ4n) is 8.05. The number of aliphatic carboxylic acids is 1. The lowest BCUT2D eigenvalue weighted by atomic mass is 10.0. The van der Waals surface area contributed by atoms with Gasteiger partial charge in [0.2, 0.25) is 0 Å². The number of carbonyl (C=O) groups is 2. The maximum atomic E-state index is 12.0. The Morgan fingerprint density at radius 2 is 0.870 bits per heavy atom. The van der Waals surface area contributed by atoms with Gasteiger partial charge in [-0.1, -0.05) is 212 Å². The fraction of sp³-hybridized carbons (Fsp3) is 0.938. The van der Waals surface area contributed by atoms with E-state index in [2.05, 4.69) is 11.8 Å². The molecule has 1 aliphatic rings. The summed E-state index contributed by atoms with van der Waals surface area (Å²) in [5.74, 6) is 0.749. The molecule has 6 nitrogen and oxygen atoms in total. The van der Waals surface area contributed by atoms with Crippen LogP contribution in [0.2, 0.25) is 0 Å². The van der Waals surface area contributed by atoms with Crippen molar-refractivity contribution >= 4 is 17.8 Å². The summed E-state index contributed by atoms with van der Waals surface area (Å²) in [7, 11) is 0. The molecule has 0 fully saturated rings. The van der Waals surface area contributed by atoms with Crippen molar-refractivity contribution in [3.8, 4) is 0 Å². The zero-order valence-electron chi connectivity index (χ0n) is 36.2. The van der Waals surface area contributed by atoms with Crippen molar-refractivity contribution in [2.75, 3.05) is 26.2 Å². The van der Waals surface area contributed by atoms with Crippen molar-refractivity contribution in [3.05, 3.63) is 0 Å². The number of hydrogen-bond donors (Lipinski definition) is 1. The van der Waals surface area contributed by atoms with Gasteiger partial charge in [0.1, 0.15) is 0 Å². The number of esters is 1. The Morgan fingerprint density at radius 3 is 1.31 bits per heavy atom. The normalized spacial score (nSPS) is 12.8. The molecule has 1 heterocycles. The number of aliphatic imine (C=N–C) groups is 1. The van der Waals surface area contributed by atoms with Crippen molar-refractivity contribution < 1.29 is 19.4 Å². The Labute approximate surface area is 336 Å². The fourth-order valence-corrected chi connectivity index (χ4v) is 8.05. The Balaban J connectivity index is 1.76. The van der Waals surface area contributed by atoms with Gasteiger partial charge < -0.3 is 14.7 Å². The van der Waals surface area contributed by atoms with E-state index >= 15 is 0 Å². The van der Waals surface area contributed by atoms with E-state index in [1.807, 2.05) is 0 Å². The third kappa shape index (κ3) is 36.1. The van der Waals surface area contributed by atoms with Gasteiger partial charge in [-0.2, -0.15) is 0 Å². The molecule has 318 valence electrons. The van der Waals surface area contributed by atoms with Crippen LogP contribution in [0.1, 0.15) is 264 Å². The van der Waals surface area contributed by atoms with Gasteiger partial charge in [-0.05, 0) is 32.1 Å². The summed E-state index contributed by atoms with van der Waals surface area (Å²) in [6, 6.07) is 0. The molecular weight excluding hydrogens is 669 g/mol. The van der Waals surface area contributed by atoms with Crippen LogP contribution >= 0.6 is 0 Å². The van der Waals surface area contributed by atoms with Crippen LogP contribution < -0.4 is 0 Å². The number of carboxylic acid groups (broad SMARTS) is 1. The van der Waals surface area contributed by atoms with Gasteiger partial charge in [0.25, 0.3) is 0 Å². The smallest absolute Gasteiger partial charge is 0.305 e. The second-order valence-corrected chi connectivity index (χ2v) is 16.9. The van der Waals surface area contributed by atoms with Gasteiger partial charge in [0.15, 0.2) is 0 Å². The largest absolute Gasteiger partial charge is 0.481 e. The van der Waals surface area contributed by atoms with Crippen LogP contribution in [0.3, 0.4) is 0 Å². The summed E-state index contributed by atoms with van der Waals surface area (Å²) in [5.41, 5.74) is 0. The third-order valence-corrected chi connectivity index (χ3v) is 11.6. The molecular formula is C48H92N2O4. The van der Waals surface area contributed by atoms with E-state index in [-0.39, 0.29) is 5.97 Å². The number of amidine groups is 1. The molecule has 0 bridgehead atoms. The highest BCUT2D eigenvalue weighted by Gasteiger charge is 2.15. The predicted octanol–water partition coefficient (Wildman–Crippen LogP) is 15.0. The standard InChI is InChI=1S/C48H92N2O4/c1-2-3-4-5-6-7-8-18-23-28-33-38-45-54-48(53)41-36-31-26-21-16-10-9-13-17-22-27-32-37-43-50-44-42-49-46(50)39-34-29-24-19-14-11-12-15-20-25-30-35-40-47(51)52/h2-45H2,1H3,(H,51,52). The van der Waals surface area contributed by atoms with Gasteiger partial charge in [0, 0.05) is 32.4 Å². The van der Waals surface area contributed by atoms with Crippen LogP contribution in [0.15, 0.2) is 4.99 Å². The zero-order chi connectivity index (χ0) is 38.8. The zero-order valence-corrected chi connectivity index (χ0v) is 36.2.